The van der Waals surface area contributed by atoms with Gasteiger partial charge in [-0.25, -0.2) is 0 Å². The highest BCUT2D eigenvalue weighted by atomic mass is 79.9. The Bertz CT molecular complexity index is 2910. The van der Waals surface area contributed by atoms with E-state index < -0.39 is 0 Å². The van der Waals surface area contributed by atoms with Crippen molar-refractivity contribution in [2.75, 3.05) is 0 Å². The van der Waals surface area contributed by atoms with Gasteiger partial charge in [-0.2, -0.15) is 0 Å². The van der Waals surface area contributed by atoms with E-state index in [1.165, 1.54) is 97.6 Å². The second-order valence-corrected chi connectivity index (χ2v) is 15.2. The summed E-state index contributed by atoms with van der Waals surface area (Å²) in [5, 5.41) is 5.13. The summed E-state index contributed by atoms with van der Waals surface area (Å²) in [5.74, 6) is 0. The molecule has 51 heavy (non-hydrogen) atoms. The maximum atomic E-state index is 3.74. The number of para-hydroxylation sites is 2. The minimum Gasteiger partial charge on any atom is -0.354 e. The molecule has 0 aliphatic carbocycles. The molecule has 240 valence electrons. The first-order valence-electron chi connectivity index (χ1n) is 17.2. The lowest BCUT2D eigenvalue weighted by atomic mass is 9.95. The zero-order valence-corrected chi connectivity index (χ0v) is 29.9. The first kappa shape index (κ1) is 30.1. The highest BCUT2D eigenvalue weighted by Gasteiger charge is 2.13. The molecule has 10 aromatic rings. The van der Waals surface area contributed by atoms with E-state index in [9.17, 15) is 0 Å². The fraction of sp³-hybridized carbons (Fsp3) is 0. The van der Waals surface area contributed by atoms with Crippen LogP contribution in [0.2, 0.25) is 0 Å². The number of hydrogen-bond donors (Lipinski definition) is 1. The van der Waals surface area contributed by atoms with E-state index in [1.54, 1.807) is 0 Å². The van der Waals surface area contributed by atoms with Gasteiger partial charge in [-0.1, -0.05) is 137 Å². The highest BCUT2D eigenvalue weighted by molar-refractivity contribution is 9.10. The summed E-state index contributed by atoms with van der Waals surface area (Å²) in [7, 11) is 0. The standard InChI is InChI=1S/C48H30BrNS/c49-39-26-37(30-8-2-1-3-9-30)25-38(27-39)32-18-16-31(17-19-32)33-10-6-11-34(24-33)35-20-22-46-43(28-35)44-29-36(21-23-47(44)51-46)40-13-7-14-42-41-12-4-5-15-45(41)50-48(40)42/h1-29,50H. The van der Waals surface area contributed by atoms with Crippen molar-refractivity contribution in [3.05, 3.63) is 180 Å². The molecule has 1 nitrogen and oxygen atoms in total. The van der Waals surface area contributed by atoms with Crippen LogP contribution in [0.1, 0.15) is 0 Å². The third-order valence-corrected chi connectivity index (χ3v) is 11.7. The van der Waals surface area contributed by atoms with Crippen LogP contribution in [-0.2, 0) is 0 Å². The molecule has 0 saturated heterocycles. The lowest BCUT2D eigenvalue weighted by Crippen LogP contribution is -1.85. The van der Waals surface area contributed by atoms with E-state index in [-0.39, 0.29) is 0 Å². The Kier molecular flexibility index (Phi) is 7.23. The Balaban J connectivity index is 0.992. The Morgan fingerprint density at radius 3 is 1.63 bits per heavy atom. The fourth-order valence-electron chi connectivity index (χ4n) is 7.53. The van der Waals surface area contributed by atoms with E-state index in [0.717, 1.165) is 4.47 Å². The lowest BCUT2D eigenvalue weighted by molar-refractivity contribution is 1.54. The molecule has 0 amide bonds. The van der Waals surface area contributed by atoms with Crippen molar-refractivity contribution < 1.29 is 0 Å². The zero-order chi connectivity index (χ0) is 33.9. The number of benzene rings is 8. The number of aromatic nitrogens is 1. The molecule has 10 rings (SSSR count). The summed E-state index contributed by atoms with van der Waals surface area (Å²) in [6.45, 7) is 0. The topological polar surface area (TPSA) is 15.8 Å². The smallest absolute Gasteiger partial charge is 0.0544 e. The van der Waals surface area contributed by atoms with Gasteiger partial charge in [-0.15, -0.1) is 11.3 Å². The van der Waals surface area contributed by atoms with Crippen LogP contribution < -0.4 is 0 Å². The largest absolute Gasteiger partial charge is 0.354 e. The predicted molar refractivity (Wildman–Crippen MR) is 224 cm³/mol. The number of H-pyrrole nitrogens is 1. The first-order valence-corrected chi connectivity index (χ1v) is 18.8. The van der Waals surface area contributed by atoms with Gasteiger partial charge < -0.3 is 4.98 Å². The molecule has 0 aliphatic rings. The molecule has 1 N–H and O–H groups in total. The summed E-state index contributed by atoms with van der Waals surface area (Å²) in [6.07, 6.45) is 0. The van der Waals surface area contributed by atoms with Crippen LogP contribution in [0.15, 0.2) is 180 Å². The zero-order valence-electron chi connectivity index (χ0n) is 27.5. The van der Waals surface area contributed by atoms with Crippen molar-refractivity contribution in [3.8, 4) is 55.6 Å². The van der Waals surface area contributed by atoms with Crippen LogP contribution in [-0.4, -0.2) is 4.98 Å². The Labute approximate surface area is 308 Å². The molecule has 0 atom stereocenters. The number of halogens is 1. The molecule has 0 saturated carbocycles. The maximum Gasteiger partial charge on any atom is 0.0544 e. The van der Waals surface area contributed by atoms with E-state index in [2.05, 4.69) is 197 Å². The SMILES string of the molecule is Brc1cc(-c2ccccc2)cc(-c2ccc(-c3cccc(-c4ccc5sc6ccc(-c7cccc8c7[nH]c7ccccc78)cc6c5c4)c3)cc2)c1. The summed E-state index contributed by atoms with van der Waals surface area (Å²) in [4.78, 5) is 3.70. The van der Waals surface area contributed by atoms with Gasteiger partial charge in [0, 0.05) is 46.5 Å². The molecule has 0 bridgehead atoms. The molecule has 2 aromatic heterocycles. The van der Waals surface area contributed by atoms with E-state index in [0.29, 0.717) is 0 Å². The van der Waals surface area contributed by atoms with Crippen LogP contribution in [0.4, 0.5) is 0 Å². The van der Waals surface area contributed by atoms with Gasteiger partial charge in [-0.05, 0) is 105 Å². The Morgan fingerprint density at radius 2 is 0.863 bits per heavy atom. The quantitative estimate of drug-likeness (QED) is 0.181. The van der Waals surface area contributed by atoms with Gasteiger partial charge in [-0.3, -0.25) is 0 Å². The third-order valence-electron chi connectivity index (χ3n) is 10.1. The number of aromatic amines is 1. The Morgan fingerprint density at radius 1 is 0.353 bits per heavy atom. The first-order chi connectivity index (χ1) is 25.1. The second-order valence-electron chi connectivity index (χ2n) is 13.2. The fourth-order valence-corrected chi connectivity index (χ4v) is 9.09. The van der Waals surface area contributed by atoms with Gasteiger partial charge in [0.25, 0.3) is 0 Å². The number of fused-ring (bicyclic) bond motifs is 6. The summed E-state index contributed by atoms with van der Waals surface area (Å²) in [6, 6.07) is 64.1. The minimum atomic E-state index is 1.08. The number of thiophene rings is 1. The molecule has 0 fully saturated rings. The van der Waals surface area contributed by atoms with E-state index in [1.807, 2.05) is 11.3 Å². The summed E-state index contributed by atoms with van der Waals surface area (Å²) < 4.78 is 3.70. The molecule has 8 aromatic carbocycles. The molecular weight excluding hydrogens is 703 g/mol. The van der Waals surface area contributed by atoms with Crippen LogP contribution in [0, 0.1) is 0 Å². The van der Waals surface area contributed by atoms with Gasteiger partial charge >= 0.3 is 0 Å². The van der Waals surface area contributed by atoms with Crippen molar-refractivity contribution in [1.29, 1.82) is 0 Å². The van der Waals surface area contributed by atoms with Crippen LogP contribution in [0.3, 0.4) is 0 Å². The molecule has 3 heteroatoms. The van der Waals surface area contributed by atoms with Gasteiger partial charge in [0.2, 0.25) is 0 Å². The minimum absolute atomic E-state index is 1.08. The molecule has 0 aliphatic heterocycles. The summed E-state index contributed by atoms with van der Waals surface area (Å²) in [5.41, 5.74) is 14.5. The van der Waals surface area contributed by atoms with Crippen molar-refractivity contribution in [3.63, 3.8) is 0 Å². The van der Waals surface area contributed by atoms with Crippen molar-refractivity contribution in [2.45, 2.75) is 0 Å². The average Bonchev–Trinajstić information content (AvgIpc) is 3.76. The van der Waals surface area contributed by atoms with E-state index in [4.69, 9.17) is 0 Å². The molecule has 2 heterocycles. The highest BCUT2D eigenvalue weighted by Crippen LogP contribution is 2.41. The lowest BCUT2D eigenvalue weighted by Gasteiger charge is -2.10. The summed E-state index contributed by atoms with van der Waals surface area (Å²) >= 11 is 5.61. The second kappa shape index (κ2) is 12.2. The molecular formula is C48H30BrNS. The van der Waals surface area contributed by atoms with E-state index >= 15 is 0 Å². The number of nitrogens with one attached hydrogen (secondary N) is 1. The van der Waals surface area contributed by atoms with Gasteiger partial charge in [0.1, 0.15) is 0 Å². The van der Waals surface area contributed by atoms with Crippen molar-refractivity contribution >= 4 is 69.2 Å². The molecule has 0 spiro atoms. The Hall–Kier alpha value is -5.74. The van der Waals surface area contributed by atoms with Crippen molar-refractivity contribution in [1.82, 2.24) is 4.98 Å². The van der Waals surface area contributed by atoms with Crippen LogP contribution in [0.5, 0.6) is 0 Å². The van der Waals surface area contributed by atoms with Gasteiger partial charge in [0.05, 0.1) is 5.52 Å². The number of rotatable bonds is 5. The van der Waals surface area contributed by atoms with Crippen LogP contribution >= 0.6 is 27.3 Å². The van der Waals surface area contributed by atoms with Crippen LogP contribution in [0.25, 0.3) is 97.6 Å². The number of hydrogen-bond acceptors (Lipinski definition) is 1. The molecule has 0 radical (unpaired) electrons. The third kappa shape index (κ3) is 5.38. The van der Waals surface area contributed by atoms with Gasteiger partial charge in [0.15, 0.2) is 0 Å². The monoisotopic (exact) mass is 731 g/mol. The average molecular weight is 733 g/mol. The predicted octanol–water partition coefficient (Wildman–Crippen LogP) is 14.8. The van der Waals surface area contributed by atoms with Crippen molar-refractivity contribution in [2.24, 2.45) is 0 Å². The maximum absolute atomic E-state index is 3.74. The molecule has 0 unspecified atom stereocenters. The normalized spacial score (nSPS) is 11.6.